The molecule has 0 spiro atoms. The van der Waals surface area contributed by atoms with Crippen molar-refractivity contribution in [3.63, 3.8) is 0 Å². The first kappa shape index (κ1) is 113. The van der Waals surface area contributed by atoms with E-state index in [1.54, 1.807) is 190 Å². The van der Waals surface area contributed by atoms with Gasteiger partial charge in [0.25, 0.3) is 0 Å². The van der Waals surface area contributed by atoms with Crippen LogP contribution in [0.2, 0.25) is 0 Å². The molecule has 56 heteroatoms. The van der Waals surface area contributed by atoms with Gasteiger partial charge in [0.15, 0.2) is 80.5 Å². The molecular weight excluding hydrogens is 1910 g/mol. The second-order valence-electron chi connectivity index (χ2n) is 33.4. The van der Waals surface area contributed by atoms with E-state index in [-0.39, 0.29) is 140 Å². The number of phenols is 14. The molecule has 7 aromatic carbocycles. The second-order valence-corrected chi connectivity index (χ2v) is 33.4. The van der Waals surface area contributed by atoms with Gasteiger partial charge in [0.05, 0.1) is 11.4 Å². The van der Waals surface area contributed by atoms with E-state index < -0.39 is 0 Å². The monoisotopic (exact) mass is 2030 g/mol. The third-order valence-corrected chi connectivity index (χ3v) is 20.0. The lowest BCUT2D eigenvalue weighted by molar-refractivity contribution is 0.399. The average molecular weight is 2030 g/mol. The Bertz CT molecular complexity index is 6680. The molecule has 784 valence electrons. The van der Waals surface area contributed by atoms with Crippen molar-refractivity contribution < 1.29 is 71.5 Å². The molecular formula is C91H126N42O14. The molecule has 0 saturated carbocycles. The summed E-state index contributed by atoms with van der Waals surface area (Å²) in [4.78, 5) is 108. The molecule has 0 radical (unpaired) electrons. The number of nitrogens with one attached hydrogen (secondary N) is 3. The van der Waals surface area contributed by atoms with E-state index in [1.165, 1.54) is 47.4 Å². The fraction of sp³-hybridized carbons (Fsp3) is 0.308. The van der Waals surface area contributed by atoms with Gasteiger partial charge in [0.1, 0.15) is 0 Å². The highest BCUT2D eigenvalue weighted by Crippen LogP contribution is 2.40. The maximum Gasteiger partial charge on any atom is 0.236 e. The van der Waals surface area contributed by atoms with Crippen LogP contribution in [-0.4, -0.2) is 337 Å². The van der Waals surface area contributed by atoms with Crippen molar-refractivity contribution in [2.24, 2.45) is 0 Å². The summed E-state index contributed by atoms with van der Waals surface area (Å²) >= 11 is 0. The van der Waals surface area contributed by atoms with Crippen molar-refractivity contribution in [2.45, 2.75) is 32.4 Å². The zero-order valence-electron chi connectivity index (χ0n) is 84.8. The molecule has 0 unspecified atom stereocenters. The van der Waals surface area contributed by atoms with Crippen LogP contribution < -0.4 is 109 Å². The van der Waals surface area contributed by atoms with Gasteiger partial charge in [-0.3, -0.25) is 0 Å². The van der Waals surface area contributed by atoms with Crippen molar-refractivity contribution in [3.8, 4) is 80.5 Å². The molecule has 56 nitrogen and oxygen atoms in total. The van der Waals surface area contributed by atoms with E-state index in [1.807, 2.05) is 90.1 Å². The minimum Gasteiger partial charge on any atom is -0.504 e. The minimum atomic E-state index is -0.284. The van der Waals surface area contributed by atoms with Crippen molar-refractivity contribution in [1.29, 1.82) is 0 Å². The van der Waals surface area contributed by atoms with Crippen LogP contribution in [0, 0.1) is 0 Å². The van der Waals surface area contributed by atoms with Crippen molar-refractivity contribution in [1.82, 2.24) is 105 Å². The van der Waals surface area contributed by atoms with Crippen LogP contribution in [0.5, 0.6) is 80.5 Å². The molecule has 0 aliphatic rings. The SMILES string of the molecule is CN(C)c1nc(N(C)C)nc(N(C)CCc2cccc(O)c2O)n1.CN(C)c1nc(N)nc(N(C)CCc2cccc(O)c2O)n1.CN(C)c1nc(N)nc(N(C)Cc2cccc(O)c2O)n1.CN(C)c1nc(N)nc(N(C)c2cccc(O)c2O)n1.CN(C)c1nc(N)nc(NCCc2cccc(O)c2O)n1.CN(C)c1nc(N)nc(NCc2cccc(O)c2O)n1.CN(C)c1nc(N)nc(Nc2cccc(O)c2O)n1. The Morgan fingerprint density at radius 2 is 0.476 bits per heavy atom. The van der Waals surface area contributed by atoms with Crippen LogP contribution in [0.15, 0.2) is 127 Å². The van der Waals surface area contributed by atoms with Gasteiger partial charge in [-0.15, -0.1) is 0 Å². The predicted octanol–water partition coefficient (Wildman–Crippen LogP) is 4.77. The predicted molar refractivity (Wildman–Crippen MR) is 565 cm³/mol. The standard InChI is InChI=1S/C16H24N6O2.C14H20N6O2.2C13H18N6O2.2C12H16N6O2.C11H14N6O2/c1-20(2)14-17-15(21(3)4)19-16(18-14)22(5)10-9-11-7-6-8-12(23)13(11)24;1-19(2)13-16-12(15)17-14(18-13)20(3)8-7-9-5-4-6-10(21)11(9)22;1-18(2)12-15-11(14)16-13(17-12)19(3)7-8-5-4-6-9(20)10(8)21;1-19(2)13-17-11(14)16-12(18-13)15-7-6-8-4-3-5-9(20)10(8)21;1-17(2)11-14-10(13)15-12(16-11)18(3)7-5-4-6-8(19)9(7)20;1-18(2)12-16-10(13)15-11(17-12)14-6-7-4-3-5-8(19)9(7)20;1-17(2)11-15-9(12)14-10(16-11)13-6-4-3-5-7(18)8(6)19/h6-8,23-24H,9-10H2,1-5H3;4-6,21-22H,7-8H2,1-3H3,(H2,15,16,17,18);4-6,20-21H,7H2,1-3H3,(H2,14,15,16,17);3-5,20-21H,6-7H2,1-2H3,(H3,14,15,16,17,18);4-6,19-20H,1-3H3,(H2,13,14,15,16);3-5,19-20H,6H2,1-2H3,(H3,13,14,15,16,17);3-5,18-19H,1-2H3,(H3,12,13,14,15,16). The van der Waals surface area contributed by atoms with Gasteiger partial charge in [-0.1, -0.05) is 72.8 Å². The summed E-state index contributed by atoms with van der Waals surface area (Å²) in [5.74, 6) is 4.61. The van der Waals surface area contributed by atoms with Crippen LogP contribution >= 0.6 is 0 Å². The number of aromatic nitrogens is 21. The number of benzene rings is 7. The van der Waals surface area contributed by atoms with Crippen LogP contribution in [0.1, 0.15) is 27.8 Å². The first-order valence-electron chi connectivity index (χ1n) is 44.2. The maximum absolute atomic E-state index is 9.89. The number of rotatable bonds is 30. The molecule has 14 rings (SSSR count). The highest BCUT2D eigenvalue weighted by molar-refractivity contribution is 5.70. The van der Waals surface area contributed by atoms with Crippen LogP contribution in [0.4, 0.5) is 136 Å². The lowest BCUT2D eigenvalue weighted by Crippen LogP contribution is -2.26. The fourth-order valence-corrected chi connectivity index (χ4v) is 12.1. The zero-order valence-corrected chi connectivity index (χ0v) is 84.8. The maximum atomic E-state index is 9.89. The van der Waals surface area contributed by atoms with E-state index in [2.05, 4.69) is 121 Å². The molecule has 147 heavy (non-hydrogen) atoms. The Morgan fingerprint density at radius 3 is 0.864 bits per heavy atom. The molecule has 7 heterocycles. The Kier molecular flexibility index (Phi) is 40.1. The molecule has 0 aliphatic heterocycles. The lowest BCUT2D eigenvalue weighted by atomic mass is 10.1. The van der Waals surface area contributed by atoms with E-state index in [9.17, 15) is 71.5 Å². The van der Waals surface area contributed by atoms with E-state index in [0.717, 1.165) is 0 Å². The molecule has 0 aliphatic carbocycles. The highest BCUT2D eigenvalue weighted by atomic mass is 16.3. The van der Waals surface area contributed by atoms with Crippen molar-refractivity contribution >= 4 is 136 Å². The Hall–Kier alpha value is -19.4. The van der Waals surface area contributed by atoms with Gasteiger partial charge >= 0.3 is 0 Å². The van der Waals surface area contributed by atoms with E-state index in [0.29, 0.717) is 156 Å². The number of phenolic OH excluding ortho intramolecular Hbond substituents is 14. The Morgan fingerprint density at radius 1 is 0.224 bits per heavy atom. The quantitative estimate of drug-likeness (QED) is 0.0269. The molecule has 0 amide bonds. The van der Waals surface area contributed by atoms with Crippen molar-refractivity contribution in [2.75, 3.05) is 270 Å². The molecule has 14 aromatic rings. The number of nitrogens with zero attached hydrogens (tertiary/aromatic N) is 33. The van der Waals surface area contributed by atoms with Gasteiger partial charge in [-0.25, -0.2) is 0 Å². The normalized spacial score (nSPS) is 10.4. The summed E-state index contributed by atoms with van der Waals surface area (Å²) in [7, 11) is 36.2. The van der Waals surface area contributed by atoms with E-state index >= 15 is 0 Å². The summed E-state index contributed by atoms with van der Waals surface area (Å²) < 4.78 is 0. The number of anilines is 23. The number of hydrogen-bond donors (Lipinski definition) is 23. The molecule has 0 fully saturated rings. The third-order valence-electron chi connectivity index (χ3n) is 20.0. The summed E-state index contributed by atoms with van der Waals surface area (Å²) in [6, 6.07) is 33.4. The number of likely N-dealkylation sites (N-methyl/N-ethyl adjacent to an activating group) is 2. The van der Waals surface area contributed by atoms with Crippen LogP contribution in [0.25, 0.3) is 0 Å². The highest BCUT2D eigenvalue weighted by Gasteiger charge is 2.23. The number of aromatic hydroxyl groups is 14. The van der Waals surface area contributed by atoms with Crippen LogP contribution in [0.3, 0.4) is 0 Å². The average Bonchev–Trinajstić information content (AvgIpc) is 0.730. The molecule has 29 N–H and O–H groups in total. The zero-order chi connectivity index (χ0) is 109. The smallest absolute Gasteiger partial charge is 0.236 e. The Balaban J connectivity index is 0.000000209. The summed E-state index contributed by atoms with van der Waals surface area (Å²) in [6.45, 7) is 2.18. The van der Waals surface area contributed by atoms with Crippen molar-refractivity contribution in [3.05, 3.63) is 155 Å². The van der Waals surface area contributed by atoms with Gasteiger partial charge in [0.2, 0.25) is 125 Å². The lowest BCUT2D eigenvalue weighted by Gasteiger charge is -2.21. The largest absolute Gasteiger partial charge is 0.504 e. The van der Waals surface area contributed by atoms with E-state index in [4.69, 9.17) is 34.4 Å². The summed E-state index contributed by atoms with van der Waals surface area (Å²) in [5, 5.41) is 144. The molecule has 0 atom stereocenters. The fourth-order valence-electron chi connectivity index (χ4n) is 12.1. The molecule has 7 aromatic heterocycles. The first-order chi connectivity index (χ1) is 69.4. The summed E-state index contributed by atoms with van der Waals surface area (Å²) in [6.07, 6.45) is 1.58. The van der Waals surface area contributed by atoms with Gasteiger partial charge in [0, 0.05) is 185 Å². The van der Waals surface area contributed by atoms with Gasteiger partial charge < -0.3 is 181 Å². The Labute approximate surface area is 846 Å². The van der Waals surface area contributed by atoms with Gasteiger partial charge in [-0.05, 0) is 90.6 Å². The minimum absolute atomic E-state index is 0.0563. The third kappa shape index (κ3) is 33.1. The summed E-state index contributed by atoms with van der Waals surface area (Å²) in [5.41, 5.74) is 37.5. The number of nitrogens with two attached hydrogens (primary N) is 6. The number of hydrogen-bond acceptors (Lipinski definition) is 56. The molecule has 0 bridgehead atoms. The second kappa shape index (κ2) is 52.2. The topological polar surface area (TPSA) is 785 Å². The van der Waals surface area contributed by atoms with Crippen LogP contribution in [-0.2, 0) is 32.4 Å². The van der Waals surface area contributed by atoms with Gasteiger partial charge in [-0.2, -0.15) is 105 Å². The first-order valence-corrected chi connectivity index (χ1v) is 44.2. The number of nitrogen functional groups attached to an aromatic ring is 6. The molecule has 0 saturated heterocycles. The number of para-hydroxylation sites is 7.